The Hall–Kier alpha value is -1.55. The van der Waals surface area contributed by atoms with E-state index in [4.69, 9.17) is 16.3 Å². The maximum atomic E-state index is 12.0. The Labute approximate surface area is 110 Å². The second kappa shape index (κ2) is 5.40. The van der Waals surface area contributed by atoms with Gasteiger partial charge in [0.25, 0.3) is 0 Å². The molecular formula is C13H14ClNO3. The van der Waals surface area contributed by atoms with Gasteiger partial charge >= 0.3 is 0 Å². The highest BCUT2D eigenvalue weighted by Crippen LogP contribution is 2.24. The first-order chi connectivity index (χ1) is 8.61. The van der Waals surface area contributed by atoms with E-state index in [0.29, 0.717) is 16.3 Å². The molecule has 0 saturated carbocycles. The monoisotopic (exact) mass is 267 g/mol. The van der Waals surface area contributed by atoms with Crippen molar-refractivity contribution in [1.29, 1.82) is 0 Å². The summed E-state index contributed by atoms with van der Waals surface area (Å²) < 4.78 is 5.11. The fraction of sp³-hybridized carbons (Fsp3) is 0.385. The second-order valence-corrected chi connectivity index (χ2v) is 4.59. The number of carbonyl (C=O) groups is 2. The maximum Gasteiger partial charge on any atom is 0.223 e. The molecule has 4 nitrogen and oxygen atoms in total. The number of methoxy groups -OCH3 is 1. The zero-order valence-corrected chi connectivity index (χ0v) is 10.9. The number of ether oxygens (including phenoxy) is 1. The summed E-state index contributed by atoms with van der Waals surface area (Å²) in [4.78, 5) is 25.2. The molecule has 1 amide bonds. The molecule has 0 atom stereocenters. The van der Waals surface area contributed by atoms with Crippen LogP contribution in [0.1, 0.15) is 23.2 Å². The van der Waals surface area contributed by atoms with E-state index in [-0.39, 0.29) is 24.5 Å². The summed E-state index contributed by atoms with van der Waals surface area (Å²) in [5.41, 5.74) is 0.434. The summed E-state index contributed by atoms with van der Waals surface area (Å²) in [5.74, 6) is 0.400. The quantitative estimate of drug-likeness (QED) is 0.607. The van der Waals surface area contributed by atoms with Crippen molar-refractivity contribution in [3.63, 3.8) is 0 Å². The van der Waals surface area contributed by atoms with Crippen LogP contribution in [-0.4, -0.2) is 36.8 Å². The van der Waals surface area contributed by atoms with E-state index in [1.165, 1.54) is 7.11 Å². The van der Waals surface area contributed by atoms with Gasteiger partial charge < -0.3 is 9.64 Å². The summed E-state index contributed by atoms with van der Waals surface area (Å²) in [6, 6.07) is 4.89. The number of amides is 1. The highest BCUT2D eigenvalue weighted by atomic mass is 35.5. The lowest BCUT2D eigenvalue weighted by Crippen LogP contribution is -2.12. The Morgan fingerprint density at radius 3 is 2.67 bits per heavy atom. The Morgan fingerprint density at radius 2 is 2.06 bits per heavy atom. The molecule has 0 spiro atoms. The third-order valence-electron chi connectivity index (χ3n) is 2.83. The van der Waals surface area contributed by atoms with Gasteiger partial charge in [-0.25, -0.2) is 0 Å². The van der Waals surface area contributed by atoms with Crippen molar-refractivity contribution in [2.75, 3.05) is 20.2 Å². The minimum atomic E-state index is -0.121. The van der Waals surface area contributed by atoms with Gasteiger partial charge in [-0.15, -0.1) is 0 Å². The highest BCUT2D eigenvalue weighted by Gasteiger charge is 2.24. The molecule has 1 fully saturated rings. The van der Waals surface area contributed by atoms with Crippen LogP contribution in [0.15, 0.2) is 18.2 Å². The van der Waals surface area contributed by atoms with Crippen LogP contribution in [0.3, 0.4) is 0 Å². The lowest BCUT2D eigenvalue weighted by molar-refractivity contribution is -0.125. The number of benzene rings is 1. The summed E-state index contributed by atoms with van der Waals surface area (Å²) in [6.45, 7) is 1.63. The van der Waals surface area contributed by atoms with Crippen LogP contribution < -0.4 is 4.74 Å². The smallest absolute Gasteiger partial charge is 0.223 e. The van der Waals surface area contributed by atoms with Crippen LogP contribution in [-0.2, 0) is 4.79 Å². The standard InChI is InChI=1S/C13H14ClNO3/c1-18-12-4-2-9(14)8-10(12)11(16)3-5-13(17)15-6-7-15/h2,4,8H,3,5-7H2,1H3. The van der Waals surface area contributed by atoms with Crippen LogP contribution in [0.4, 0.5) is 0 Å². The first-order valence-electron chi connectivity index (χ1n) is 5.76. The van der Waals surface area contributed by atoms with Gasteiger partial charge in [0.15, 0.2) is 5.78 Å². The molecule has 1 aromatic carbocycles. The van der Waals surface area contributed by atoms with Gasteiger partial charge in [0.2, 0.25) is 5.91 Å². The number of ketones is 1. The molecule has 1 aliphatic rings. The molecule has 0 aromatic heterocycles. The third-order valence-corrected chi connectivity index (χ3v) is 3.06. The van der Waals surface area contributed by atoms with Crippen molar-refractivity contribution >= 4 is 23.3 Å². The molecule has 1 aromatic rings. The van der Waals surface area contributed by atoms with Crippen molar-refractivity contribution in [2.45, 2.75) is 12.8 Å². The second-order valence-electron chi connectivity index (χ2n) is 4.15. The van der Waals surface area contributed by atoms with E-state index in [2.05, 4.69) is 0 Å². The lowest BCUT2D eigenvalue weighted by atomic mass is 10.1. The third kappa shape index (κ3) is 3.01. The first kappa shape index (κ1) is 12.9. The van der Waals surface area contributed by atoms with E-state index in [1.54, 1.807) is 23.1 Å². The van der Waals surface area contributed by atoms with Gasteiger partial charge in [0, 0.05) is 31.0 Å². The van der Waals surface area contributed by atoms with Crippen molar-refractivity contribution < 1.29 is 14.3 Å². The number of nitrogens with zero attached hydrogens (tertiary/aromatic N) is 1. The number of hydrogen-bond donors (Lipinski definition) is 0. The Bertz CT molecular complexity index is 483. The summed E-state index contributed by atoms with van der Waals surface area (Å²) in [5, 5.41) is 0.483. The molecule has 0 radical (unpaired) electrons. The first-order valence-corrected chi connectivity index (χ1v) is 6.14. The molecule has 2 rings (SSSR count). The van der Waals surface area contributed by atoms with Crippen LogP contribution in [0, 0.1) is 0 Å². The van der Waals surface area contributed by atoms with Crippen LogP contribution in [0.5, 0.6) is 5.75 Å². The van der Waals surface area contributed by atoms with Gasteiger partial charge in [-0.3, -0.25) is 9.59 Å². The van der Waals surface area contributed by atoms with Gasteiger partial charge in [0.05, 0.1) is 12.7 Å². The Balaban J connectivity index is 2.03. The molecule has 96 valence electrons. The predicted molar refractivity (Wildman–Crippen MR) is 68.1 cm³/mol. The minimum absolute atomic E-state index is 0.0318. The summed E-state index contributed by atoms with van der Waals surface area (Å²) in [6.07, 6.45) is 0.431. The normalized spacial score (nSPS) is 13.3. The molecule has 1 saturated heterocycles. The predicted octanol–water partition coefficient (Wildman–Crippen LogP) is 2.15. The number of Topliss-reactive ketones (excluding diaryl/α,β-unsaturated/α-hetero) is 1. The number of rotatable bonds is 5. The number of halogens is 1. The maximum absolute atomic E-state index is 12.0. The molecule has 0 aliphatic carbocycles. The molecule has 1 heterocycles. The number of hydrogen-bond acceptors (Lipinski definition) is 3. The van der Waals surface area contributed by atoms with Crippen LogP contribution >= 0.6 is 11.6 Å². The summed E-state index contributed by atoms with van der Waals surface area (Å²) in [7, 11) is 1.50. The highest BCUT2D eigenvalue weighted by molar-refractivity contribution is 6.31. The molecular weight excluding hydrogens is 254 g/mol. The molecule has 0 bridgehead atoms. The molecule has 5 heteroatoms. The van der Waals surface area contributed by atoms with Gasteiger partial charge in [-0.05, 0) is 18.2 Å². The van der Waals surface area contributed by atoms with Crippen LogP contribution in [0.25, 0.3) is 0 Å². The van der Waals surface area contributed by atoms with Gasteiger partial charge in [-0.2, -0.15) is 0 Å². The molecule has 18 heavy (non-hydrogen) atoms. The van der Waals surface area contributed by atoms with E-state index in [1.807, 2.05) is 0 Å². The average molecular weight is 268 g/mol. The van der Waals surface area contributed by atoms with Crippen LogP contribution in [0.2, 0.25) is 5.02 Å². The van der Waals surface area contributed by atoms with Gasteiger partial charge in [0.1, 0.15) is 5.75 Å². The SMILES string of the molecule is COc1ccc(Cl)cc1C(=O)CCC(=O)N1CC1. The van der Waals surface area contributed by atoms with Crippen molar-refractivity contribution in [1.82, 2.24) is 4.90 Å². The molecule has 0 unspecified atom stereocenters. The number of carbonyl (C=O) groups excluding carboxylic acids is 2. The average Bonchev–Trinajstić information content (AvgIpc) is 3.19. The largest absolute Gasteiger partial charge is 0.496 e. The fourth-order valence-corrected chi connectivity index (χ4v) is 1.88. The van der Waals surface area contributed by atoms with Gasteiger partial charge in [-0.1, -0.05) is 11.6 Å². The minimum Gasteiger partial charge on any atom is -0.496 e. The van der Waals surface area contributed by atoms with Crippen molar-refractivity contribution in [3.05, 3.63) is 28.8 Å². The Morgan fingerprint density at radius 1 is 1.33 bits per heavy atom. The molecule has 1 aliphatic heterocycles. The fourth-order valence-electron chi connectivity index (χ4n) is 1.71. The van der Waals surface area contributed by atoms with E-state index in [9.17, 15) is 9.59 Å². The zero-order valence-electron chi connectivity index (χ0n) is 10.1. The Kier molecular flexibility index (Phi) is 3.87. The molecule has 0 N–H and O–H groups in total. The lowest BCUT2D eigenvalue weighted by Gasteiger charge is -2.08. The van der Waals surface area contributed by atoms with Crippen molar-refractivity contribution in [2.24, 2.45) is 0 Å². The summed E-state index contributed by atoms with van der Waals surface area (Å²) >= 11 is 5.86. The van der Waals surface area contributed by atoms with Crippen molar-refractivity contribution in [3.8, 4) is 5.75 Å². The zero-order chi connectivity index (χ0) is 13.1. The van der Waals surface area contributed by atoms with E-state index >= 15 is 0 Å². The van der Waals surface area contributed by atoms with E-state index in [0.717, 1.165) is 13.1 Å². The topological polar surface area (TPSA) is 46.4 Å². The van der Waals surface area contributed by atoms with E-state index < -0.39 is 0 Å².